The van der Waals surface area contributed by atoms with Crippen molar-refractivity contribution in [2.24, 2.45) is 0 Å². The van der Waals surface area contributed by atoms with E-state index in [9.17, 15) is 9.65 Å². The fourth-order valence-electron chi connectivity index (χ4n) is 3.44. The monoisotopic (exact) mass is 418 g/mol. The quantitative estimate of drug-likeness (QED) is 0.465. The van der Waals surface area contributed by atoms with Crippen LogP contribution in [0.5, 0.6) is 0 Å². The molecule has 5 rings (SSSR count). The Morgan fingerprint density at radius 1 is 1.16 bits per heavy atom. The zero-order valence-corrected chi connectivity index (χ0v) is 17.2. The molecule has 1 fully saturated rings. The number of hydrogen-bond acceptors (Lipinski definition) is 6. The fourth-order valence-corrected chi connectivity index (χ4v) is 3.44. The van der Waals surface area contributed by atoms with Crippen LogP contribution in [0.15, 0.2) is 42.9 Å². The van der Waals surface area contributed by atoms with Gasteiger partial charge in [-0.05, 0) is 51.1 Å². The molecule has 0 saturated carbocycles. The number of aromatic amines is 1. The summed E-state index contributed by atoms with van der Waals surface area (Å²) in [7, 11) is 0. The summed E-state index contributed by atoms with van der Waals surface area (Å²) in [6, 6.07) is 9.19. The molecule has 8 nitrogen and oxygen atoms in total. The summed E-state index contributed by atoms with van der Waals surface area (Å²) < 4.78 is 15.9. The first-order chi connectivity index (χ1) is 15.2. The molecule has 0 bridgehead atoms. The first-order valence-electron chi connectivity index (χ1n) is 10.2. The molecule has 3 N–H and O–H groups in total. The summed E-state index contributed by atoms with van der Waals surface area (Å²) >= 11 is 0. The third-order valence-corrected chi connectivity index (χ3v) is 5.09. The number of aryl methyl sites for hydroxylation is 1. The van der Waals surface area contributed by atoms with Crippen molar-refractivity contribution in [3.8, 4) is 11.9 Å². The van der Waals surface area contributed by atoms with Crippen molar-refractivity contribution in [2.75, 3.05) is 18.4 Å². The lowest BCUT2D eigenvalue weighted by Crippen LogP contribution is -2.21. The largest absolute Gasteiger partial charge is 0.321 e. The molecule has 4 heterocycles. The summed E-state index contributed by atoms with van der Waals surface area (Å²) in [5.41, 5.74) is 2.75. The van der Waals surface area contributed by atoms with Gasteiger partial charge >= 0.3 is 0 Å². The van der Waals surface area contributed by atoms with Crippen molar-refractivity contribution in [3.05, 3.63) is 59.9 Å². The lowest BCUT2D eigenvalue weighted by Gasteiger charge is -2.09. The fraction of sp³-hybridized carbons (Fsp3) is 0.273. The van der Waals surface area contributed by atoms with Crippen LogP contribution in [0.1, 0.15) is 30.5 Å². The number of fused-ring (bicyclic) bond motifs is 1. The molecule has 0 amide bonds. The Kier molecular flexibility index (Phi) is 6.19. The van der Waals surface area contributed by atoms with Gasteiger partial charge in [0.25, 0.3) is 0 Å². The van der Waals surface area contributed by atoms with Crippen LogP contribution in [-0.4, -0.2) is 37.8 Å². The Morgan fingerprint density at radius 3 is 2.65 bits per heavy atom. The molecular weight excluding hydrogens is 395 g/mol. The molecule has 158 valence electrons. The highest BCUT2D eigenvalue weighted by atomic mass is 19.1. The highest BCUT2D eigenvalue weighted by molar-refractivity contribution is 5.87. The first-order valence-corrected chi connectivity index (χ1v) is 10.2. The smallest absolute Gasteiger partial charge is 0.229 e. The molecule has 0 unspecified atom stereocenters. The van der Waals surface area contributed by atoms with E-state index in [1.165, 1.54) is 32.4 Å². The number of hydrogen-bond donors (Lipinski definition) is 3. The lowest BCUT2D eigenvalue weighted by molar-refractivity contribution is 0.520. The molecule has 9 heteroatoms. The van der Waals surface area contributed by atoms with E-state index < -0.39 is 5.82 Å². The molecule has 0 atom stereocenters. The van der Waals surface area contributed by atoms with Gasteiger partial charge in [-0.1, -0.05) is 12.5 Å². The number of anilines is 2. The zero-order chi connectivity index (χ0) is 21.6. The Labute approximate surface area is 179 Å². The van der Waals surface area contributed by atoms with E-state index in [1.54, 1.807) is 35.2 Å². The molecular formula is C22H23FN8. The zero-order valence-electron chi connectivity index (χ0n) is 17.2. The van der Waals surface area contributed by atoms with Crippen molar-refractivity contribution in [1.29, 1.82) is 5.26 Å². The predicted octanol–water partition coefficient (Wildman–Crippen LogP) is 3.97. The number of nitriles is 1. The van der Waals surface area contributed by atoms with Crippen LogP contribution in [-0.2, 0) is 0 Å². The third-order valence-electron chi connectivity index (χ3n) is 5.09. The maximum absolute atomic E-state index is 14.3. The third kappa shape index (κ3) is 4.54. The Balaban J connectivity index is 0.000000334. The molecule has 4 aromatic rings. The highest BCUT2D eigenvalue weighted by Crippen LogP contribution is 2.25. The van der Waals surface area contributed by atoms with Crippen LogP contribution in [0.2, 0.25) is 0 Å². The van der Waals surface area contributed by atoms with E-state index in [4.69, 9.17) is 0 Å². The molecule has 31 heavy (non-hydrogen) atoms. The number of nitrogens with one attached hydrogen (secondary N) is 3. The maximum atomic E-state index is 14.3. The molecule has 0 radical (unpaired) electrons. The van der Waals surface area contributed by atoms with Gasteiger partial charge in [0.1, 0.15) is 0 Å². The second-order valence-corrected chi connectivity index (χ2v) is 7.25. The van der Waals surface area contributed by atoms with Gasteiger partial charge in [-0.25, -0.2) is 9.37 Å². The van der Waals surface area contributed by atoms with Crippen molar-refractivity contribution in [2.45, 2.75) is 26.2 Å². The first kappa shape index (κ1) is 20.5. The van der Waals surface area contributed by atoms with E-state index in [0.29, 0.717) is 16.8 Å². The summed E-state index contributed by atoms with van der Waals surface area (Å²) in [6.45, 7) is 4.35. The highest BCUT2D eigenvalue weighted by Gasteiger charge is 2.14. The van der Waals surface area contributed by atoms with E-state index in [1.807, 2.05) is 13.0 Å². The molecule has 1 aliphatic heterocycles. The van der Waals surface area contributed by atoms with Crippen molar-refractivity contribution < 1.29 is 4.39 Å². The minimum Gasteiger partial charge on any atom is -0.321 e. The molecule has 0 spiro atoms. The number of halogens is 1. The van der Waals surface area contributed by atoms with E-state index >= 15 is 0 Å². The predicted molar refractivity (Wildman–Crippen MR) is 117 cm³/mol. The average molecular weight is 418 g/mol. The second-order valence-electron chi connectivity index (χ2n) is 7.25. The number of benzene rings is 1. The van der Waals surface area contributed by atoms with Gasteiger partial charge < -0.3 is 10.6 Å². The van der Waals surface area contributed by atoms with Crippen LogP contribution < -0.4 is 10.6 Å². The van der Waals surface area contributed by atoms with Crippen LogP contribution in [0.3, 0.4) is 0 Å². The lowest BCUT2D eigenvalue weighted by atomic mass is 10.1. The van der Waals surface area contributed by atoms with Gasteiger partial charge in [-0.15, -0.1) is 0 Å². The van der Waals surface area contributed by atoms with Gasteiger partial charge in [0.15, 0.2) is 11.6 Å². The molecule has 1 aromatic carbocycles. The number of nitrogens with zero attached hydrogens (tertiary/aromatic N) is 5. The van der Waals surface area contributed by atoms with Gasteiger partial charge in [-0.2, -0.15) is 15.3 Å². The van der Waals surface area contributed by atoms with Crippen LogP contribution in [0, 0.1) is 24.1 Å². The van der Waals surface area contributed by atoms with Crippen LogP contribution in [0.4, 0.5) is 16.0 Å². The summed E-state index contributed by atoms with van der Waals surface area (Å²) in [6.07, 6.45) is 8.61. The van der Waals surface area contributed by atoms with Crippen molar-refractivity contribution in [1.82, 2.24) is 30.0 Å². The standard InChI is InChI=1S/C17H12FN7.C5H11N/c1-10-14(9-21-24-10)22-17-20-8-13(18)16(23-17)25-6-5-12-11(7-19)3-2-4-15(12)25;1-2-4-6-5-3-1/h2-6,8-9H,1H3,(H,21,24)(H,20,22,23);6H,1-5H2. The van der Waals surface area contributed by atoms with Gasteiger partial charge in [0.2, 0.25) is 5.95 Å². The summed E-state index contributed by atoms with van der Waals surface area (Å²) in [5.74, 6) is -0.211. The average Bonchev–Trinajstić information content (AvgIpc) is 3.43. The minimum atomic E-state index is -0.561. The second kappa shape index (κ2) is 9.36. The SMILES string of the molecule is C1CCNCC1.Cc1[nH]ncc1Nc1ncc(F)c(-n2ccc3c(C#N)cccc32)n1. The van der Waals surface area contributed by atoms with E-state index in [-0.39, 0.29) is 11.8 Å². The van der Waals surface area contributed by atoms with Gasteiger partial charge in [-0.3, -0.25) is 9.67 Å². The summed E-state index contributed by atoms with van der Waals surface area (Å²) in [4.78, 5) is 8.25. The number of rotatable bonds is 3. The number of piperidine rings is 1. The Hall–Kier alpha value is -3.77. The topological polar surface area (TPSA) is 107 Å². The maximum Gasteiger partial charge on any atom is 0.229 e. The Bertz CT molecular complexity index is 1200. The van der Waals surface area contributed by atoms with Crippen LogP contribution in [0.25, 0.3) is 16.7 Å². The summed E-state index contributed by atoms with van der Waals surface area (Å²) in [5, 5.41) is 22.9. The Morgan fingerprint density at radius 2 is 2.00 bits per heavy atom. The van der Waals surface area contributed by atoms with Crippen LogP contribution >= 0.6 is 0 Å². The molecule has 3 aromatic heterocycles. The van der Waals surface area contributed by atoms with E-state index in [0.717, 1.165) is 17.3 Å². The molecule has 0 aliphatic carbocycles. The minimum absolute atomic E-state index is 0.101. The van der Waals surface area contributed by atoms with Crippen molar-refractivity contribution >= 4 is 22.5 Å². The van der Waals surface area contributed by atoms with Gasteiger partial charge in [0.05, 0.1) is 40.9 Å². The van der Waals surface area contributed by atoms with E-state index in [2.05, 4.69) is 36.9 Å². The normalized spacial score (nSPS) is 13.3. The number of aromatic nitrogens is 5. The molecule has 1 aliphatic rings. The number of H-pyrrole nitrogens is 1. The van der Waals surface area contributed by atoms with Gasteiger partial charge in [0, 0.05) is 11.6 Å². The van der Waals surface area contributed by atoms with Crippen molar-refractivity contribution in [3.63, 3.8) is 0 Å². The molecule has 1 saturated heterocycles.